The molecule has 10 heteroatoms. The molecule has 138 valence electrons. The number of hydrogen-bond donors (Lipinski definition) is 0. The van der Waals surface area contributed by atoms with E-state index in [2.05, 4.69) is 15.1 Å². The first-order valence-corrected chi connectivity index (χ1v) is 9.86. The molecule has 0 spiro atoms. The van der Waals surface area contributed by atoms with Gasteiger partial charge in [-0.25, -0.2) is 18.4 Å². The lowest BCUT2D eigenvalue weighted by Gasteiger charge is -2.16. The number of ether oxygens (including phenoxy) is 1. The van der Waals surface area contributed by atoms with E-state index in [1.165, 1.54) is 16.7 Å². The molecule has 1 aliphatic heterocycles. The molecule has 0 saturated carbocycles. The fourth-order valence-corrected chi connectivity index (χ4v) is 4.51. The molecule has 4 rings (SSSR count). The Morgan fingerprint density at radius 1 is 1.30 bits per heavy atom. The molecule has 3 heterocycles. The highest BCUT2D eigenvalue weighted by molar-refractivity contribution is 7.88. The number of benzene rings is 1. The van der Waals surface area contributed by atoms with Crippen LogP contribution in [0.1, 0.15) is 17.8 Å². The normalized spacial score (nSPS) is 17.8. The van der Waals surface area contributed by atoms with Crippen LogP contribution in [0.4, 0.5) is 0 Å². The van der Waals surface area contributed by atoms with E-state index in [0.29, 0.717) is 29.6 Å². The van der Waals surface area contributed by atoms with Gasteiger partial charge in [0.05, 0.1) is 6.54 Å². The standard InChI is InChI=1S/C17H15N5O4S/c18-9-14-17(20-7-6-19-14)25-12-5-8-22(10-12)27(23,24)11-15-13-3-1-2-4-16(13)26-21-15/h1-4,6-7,12H,5,8,10-11H2. The Bertz CT molecular complexity index is 1120. The summed E-state index contributed by atoms with van der Waals surface area (Å²) < 4.78 is 37.8. The van der Waals surface area contributed by atoms with Crippen LogP contribution in [0.15, 0.2) is 41.2 Å². The molecule has 1 aromatic carbocycles. The van der Waals surface area contributed by atoms with Gasteiger partial charge in [0, 0.05) is 24.3 Å². The van der Waals surface area contributed by atoms with Gasteiger partial charge in [0.25, 0.3) is 5.88 Å². The van der Waals surface area contributed by atoms with Gasteiger partial charge >= 0.3 is 0 Å². The van der Waals surface area contributed by atoms with Crippen molar-refractivity contribution >= 4 is 21.0 Å². The molecule has 9 nitrogen and oxygen atoms in total. The molecule has 0 radical (unpaired) electrons. The molecule has 3 aromatic rings. The Morgan fingerprint density at radius 2 is 2.11 bits per heavy atom. The number of nitrogens with zero attached hydrogens (tertiary/aromatic N) is 5. The summed E-state index contributed by atoms with van der Waals surface area (Å²) in [6, 6.07) is 9.04. The lowest BCUT2D eigenvalue weighted by Crippen LogP contribution is -2.32. The quantitative estimate of drug-likeness (QED) is 0.647. The number of aromatic nitrogens is 3. The second-order valence-corrected chi connectivity index (χ2v) is 8.06. The maximum atomic E-state index is 12.8. The Kier molecular flexibility index (Phi) is 4.47. The lowest BCUT2D eigenvalue weighted by molar-refractivity contribution is 0.205. The van der Waals surface area contributed by atoms with Gasteiger partial charge in [-0.3, -0.25) is 0 Å². The molecule has 0 aliphatic carbocycles. The average molecular weight is 385 g/mol. The summed E-state index contributed by atoms with van der Waals surface area (Å²) >= 11 is 0. The zero-order valence-corrected chi connectivity index (χ0v) is 15.0. The smallest absolute Gasteiger partial charge is 0.251 e. The Hall–Kier alpha value is -3.03. The molecule has 1 unspecified atom stereocenters. The first kappa shape index (κ1) is 17.4. The highest BCUT2D eigenvalue weighted by Gasteiger charge is 2.34. The van der Waals surface area contributed by atoms with Crippen molar-refractivity contribution < 1.29 is 17.7 Å². The summed E-state index contributed by atoms with van der Waals surface area (Å²) in [6.07, 6.45) is 2.94. The summed E-state index contributed by atoms with van der Waals surface area (Å²) in [5.41, 5.74) is 1.01. The number of nitriles is 1. The van der Waals surface area contributed by atoms with Crippen molar-refractivity contribution in [3.8, 4) is 11.9 Å². The van der Waals surface area contributed by atoms with Crippen LogP contribution >= 0.6 is 0 Å². The third-order valence-corrected chi connectivity index (χ3v) is 6.08. The predicted molar refractivity (Wildman–Crippen MR) is 94.0 cm³/mol. The molecule has 0 N–H and O–H groups in total. The van der Waals surface area contributed by atoms with Crippen LogP contribution in [0, 0.1) is 11.3 Å². The van der Waals surface area contributed by atoms with Gasteiger partial charge in [-0.15, -0.1) is 0 Å². The van der Waals surface area contributed by atoms with E-state index in [4.69, 9.17) is 14.5 Å². The number of fused-ring (bicyclic) bond motifs is 1. The van der Waals surface area contributed by atoms with E-state index in [1.807, 2.05) is 12.1 Å². The lowest BCUT2D eigenvalue weighted by atomic mass is 10.2. The Balaban J connectivity index is 1.47. The minimum absolute atomic E-state index is 0.0767. The minimum atomic E-state index is -3.59. The summed E-state index contributed by atoms with van der Waals surface area (Å²) in [4.78, 5) is 7.88. The largest absolute Gasteiger partial charge is 0.471 e. The zero-order chi connectivity index (χ0) is 18.9. The van der Waals surface area contributed by atoms with Crippen molar-refractivity contribution in [2.45, 2.75) is 18.3 Å². The van der Waals surface area contributed by atoms with Crippen molar-refractivity contribution in [1.82, 2.24) is 19.4 Å². The van der Waals surface area contributed by atoms with Crippen molar-refractivity contribution in [2.24, 2.45) is 0 Å². The minimum Gasteiger partial charge on any atom is -0.471 e. The molecule has 0 bridgehead atoms. The first-order valence-electron chi connectivity index (χ1n) is 8.26. The van der Waals surface area contributed by atoms with Crippen LogP contribution in [0.25, 0.3) is 11.0 Å². The molecular weight excluding hydrogens is 370 g/mol. The van der Waals surface area contributed by atoms with Crippen LogP contribution in [-0.2, 0) is 15.8 Å². The van der Waals surface area contributed by atoms with E-state index < -0.39 is 16.1 Å². The molecule has 1 saturated heterocycles. The highest BCUT2D eigenvalue weighted by atomic mass is 32.2. The topological polar surface area (TPSA) is 122 Å². The molecular formula is C17H15N5O4S. The van der Waals surface area contributed by atoms with E-state index in [-0.39, 0.29) is 23.9 Å². The average Bonchev–Trinajstić information content (AvgIpc) is 3.30. The molecule has 27 heavy (non-hydrogen) atoms. The van der Waals surface area contributed by atoms with Crippen LogP contribution in [0.5, 0.6) is 5.88 Å². The van der Waals surface area contributed by atoms with Crippen molar-refractivity contribution in [1.29, 1.82) is 5.26 Å². The number of sulfonamides is 1. The molecule has 2 aromatic heterocycles. The first-order chi connectivity index (χ1) is 13.1. The molecule has 0 amide bonds. The van der Waals surface area contributed by atoms with Gasteiger partial charge in [0.1, 0.15) is 23.6 Å². The van der Waals surface area contributed by atoms with E-state index in [0.717, 1.165) is 0 Å². The maximum Gasteiger partial charge on any atom is 0.251 e. The third kappa shape index (κ3) is 3.47. The van der Waals surface area contributed by atoms with Gasteiger partial charge in [0.2, 0.25) is 15.7 Å². The van der Waals surface area contributed by atoms with Gasteiger partial charge in [-0.05, 0) is 18.6 Å². The second-order valence-electron chi connectivity index (χ2n) is 6.09. The SMILES string of the molecule is N#Cc1nccnc1OC1CCN(S(=O)(=O)Cc2noc3ccccc23)C1. The predicted octanol–water partition coefficient (Wildman–Crippen LogP) is 1.47. The van der Waals surface area contributed by atoms with E-state index in [1.54, 1.807) is 18.2 Å². The number of hydrogen-bond acceptors (Lipinski definition) is 8. The fraction of sp³-hybridized carbons (Fsp3) is 0.294. The van der Waals surface area contributed by atoms with Gasteiger partial charge in [-0.2, -0.15) is 9.57 Å². The van der Waals surface area contributed by atoms with Crippen molar-refractivity contribution in [2.75, 3.05) is 13.1 Å². The molecule has 1 aliphatic rings. The molecule has 1 fully saturated rings. The van der Waals surface area contributed by atoms with Gasteiger partial charge < -0.3 is 9.26 Å². The highest BCUT2D eigenvalue weighted by Crippen LogP contribution is 2.24. The monoisotopic (exact) mass is 385 g/mol. The van der Waals surface area contributed by atoms with E-state index >= 15 is 0 Å². The summed E-state index contributed by atoms with van der Waals surface area (Å²) in [6.45, 7) is 0.504. The Morgan fingerprint density at radius 3 is 2.96 bits per heavy atom. The van der Waals surface area contributed by atoms with Crippen LogP contribution in [0.3, 0.4) is 0 Å². The summed E-state index contributed by atoms with van der Waals surface area (Å²) in [5, 5.41) is 13.6. The summed E-state index contributed by atoms with van der Waals surface area (Å²) in [5.74, 6) is -0.127. The van der Waals surface area contributed by atoms with Crippen molar-refractivity contribution in [3.63, 3.8) is 0 Å². The van der Waals surface area contributed by atoms with Crippen LogP contribution in [0.2, 0.25) is 0 Å². The van der Waals surface area contributed by atoms with Crippen molar-refractivity contribution in [3.05, 3.63) is 48.0 Å². The fourth-order valence-electron chi connectivity index (χ4n) is 3.00. The third-order valence-electron chi connectivity index (χ3n) is 4.32. The van der Waals surface area contributed by atoms with Gasteiger partial charge in [-0.1, -0.05) is 17.3 Å². The van der Waals surface area contributed by atoms with Gasteiger partial charge in [0.15, 0.2) is 5.58 Å². The number of para-hydroxylation sites is 1. The van der Waals surface area contributed by atoms with E-state index in [9.17, 15) is 8.42 Å². The second kappa shape index (κ2) is 6.94. The number of rotatable bonds is 5. The van der Waals surface area contributed by atoms with Crippen LogP contribution in [-0.4, -0.2) is 47.0 Å². The molecule has 1 atom stereocenters. The van der Waals surface area contributed by atoms with Crippen LogP contribution < -0.4 is 4.74 Å². The maximum absolute atomic E-state index is 12.8. The Labute approximate surface area is 155 Å². The zero-order valence-electron chi connectivity index (χ0n) is 14.1. The summed E-state index contributed by atoms with van der Waals surface area (Å²) in [7, 11) is -3.59.